The Labute approximate surface area is 211 Å². The van der Waals surface area contributed by atoms with Gasteiger partial charge in [0.2, 0.25) is 5.91 Å². The molecule has 1 atom stereocenters. The molecule has 1 aromatic rings. The Balaban J connectivity index is 1.55. The molecule has 0 radical (unpaired) electrons. The van der Waals surface area contributed by atoms with Gasteiger partial charge in [-0.3, -0.25) is 4.79 Å². The lowest BCUT2D eigenvalue weighted by Gasteiger charge is -2.36. The molecule has 1 aromatic carbocycles. The maximum atomic E-state index is 13.0. The number of amides is 1. The highest BCUT2D eigenvalue weighted by Crippen LogP contribution is 2.45. The molecule has 1 N–H and O–H groups in total. The molecule has 3 aliphatic heterocycles. The molecule has 1 unspecified atom stereocenters. The van der Waals surface area contributed by atoms with Crippen molar-refractivity contribution in [3.05, 3.63) is 52.2 Å². The molecule has 1 saturated heterocycles. The highest BCUT2D eigenvalue weighted by atomic mass is 32.2. The van der Waals surface area contributed by atoms with Gasteiger partial charge in [0.15, 0.2) is 5.17 Å². The molecule has 8 nitrogen and oxygen atoms in total. The number of piperidine rings is 1. The van der Waals surface area contributed by atoms with Crippen molar-refractivity contribution in [2.45, 2.75) is 45.1 Å². The molecule has 0 bridgehead atoms. The Bertz CT molecular complexity index is 1050. The number of carbonyl (C=O) groups excluding carboxylic acids is 2. The van der Waals surface area contributed by atoms with Crippen LogP contribution in [0.4, 0.5) is 0 Å². The van der Waals surface area contributed by atoms with Crippen molar-refractivity contribution >= 4 is 28.8 Å². The Kier molecular flexibility index (Phi) is 8.51. The molecule has 0 aromatic heterocycles. The fourth-order valence-corrected chi connectivity index (χ4v) is 5.74. The van der Waals surface area contributed by atoms with Crippen LogP contribution < -0.4 is 10.1 Å². The summed E-state index contributed by atoms with van der Waals surface area (Å²) in [7, 11) is 3.00. The lowest BCUT2D eigenvalue weighted by atomic mass is 9.92. The highest BCUT2D eigenvalue weighted by molar-refractivity contribution is 8.16. The van der Waals surface area contributed by atoms with Crippen molar-refractivity contribution in [2.75, 3.05) is 40.4 Å². The molecule has 35 heavy (non-hydrogen) atoms. The van der Waals surface area contributed by atoms with Gasteiger partial charge in [-0.05, 0) is 55.5 Å². The predicted molar refractivity (Wildman–Crippen MR) is 138 cm³/mol. The first-order valence-electron chi connectivity index (χ1n) is 12.2. The minimum absolute atomic E-state index is 0.0376. The van der Waals surface area contributed by atoms with Gasteiger partial charge in [0.05, 0.1) is 38.0 Å². The second-order valence-electron chi connectivity index (χ2n) is 8.81. The normalized spacial score (nSPS) is 20.2. The van der Waals surface area contributed by atoms with Gasteiger partial charge in [-0.15, -0.1) is 0 Å². The lowest BCUT2D eigenvalue weighted by molar-refractivity contribution is -0.136. The number of amidine groups is 1. The topological polar surface area (TPSA) is 83.5 Å². The van der Waals surface area contributed by atoms with Crippen LogP contribution in [-0.2, 0) is 14.3 Å². The number of nitrogens with zero attached hydrogens (tertiary/aromatic N) is 3. The molecular formula is C26H34N4O4S. The fraction of sp³-hybridized carbons (Fsp3) is 0.500. The van der Waals surface area contributed by atoms with Crippen molar-refractivity contribution in [1.29, 1.82) is 0 Å². The molecule has 188 valence electrons. The Morgan fingerprint density at radius 1 is 1.20 bits per heavy atom. The van der Waals surface area contributed by atoms with Gasteiger partial charge in [0, 0.05) is 18.8 Å². The third kappa shape index (κ3) is 5.73. The monoisotopic (exact) mass is 498 g/mol. The van der Waals surface area contributed by atoms with Gasteiger partial charge in [-0.25, -0.2) is 9.79 Å². The number of hydrogen-bond donors (Lipinski definition) is 1. The zero-order chi connectivity index (χ0) is 24.8. The van der Waals surface area contributed by atoms with Gasteiger partial charge >= 0.3 is 5.97 Å². The molecule has 4 rings (SSSR count). The number of allylic oxidation sites excluding steroid dienone is 1. The maximum absolute atomic E-state index is 13.0. The summed E-state index contributed by atoms with van der Waals surface area (Å²) in [4.78, 5) is 35.0. The number of nitrogens with one attached hydrogen (secondary N) is 1. The molecule has 1 amide bonds. The first-order chi connectivity index (χ1) is 17.0. The van der Waals surface area contributed by atoms with Gasteiger partial charge in [-0.1, -0.05) is 37.2 Å². The average Bonchev–Trinajstić information content (AvgIpc) is 3.29. The van der Waals surface area contributed by atoms with Gasteiger partial charge < -0.3 is 24.6 Å². The van der Waals surface area contributed by atoms with Crippen LogP contribution >= 0.6 is 11.8 Å². The van der Waals surface area contributed by atoms with Crippen molar-refractivity contribution in [2.24, 2.45) is 4.99 Å². The number of fused-ring (bicyclic) bond motifs is 1. The summed E-state index contributed by atoms with van der Waals surface area (Å²) in [5.41, 5.74) is 2.88. The smallest absolute Gasteiger partial charge is 0.338 e. The van der Waals surface area contributed by atoms with E-state index in [0.717, 1.165) is 36.1 Å². The molecule has 3 heterocycles. The molecular weight excluding hydrogens is 464 g/mol. The van der Waals surface area contributed by atoms with Crippen LogP contribution in [0, 0.1) is 0 Å². The number of ether oxygens (including phenoxy) is 2. The van der Waals surface area contributed by atoms with E-state index in [-0.39, 0.29) is 12.3 Å². The highest BCUT2D eigenvalue weighted by Gasteiger charge is 2.41. The summed E-state index contributed by atoms with van der Waals surface area (Å²) in [6.07, 6.45) is 4.56. The fourth-order valence-electron chi connectivity index (χ4n) is 4.80. The molecule has 1 fully saturated rings. The van der Waals surface area contributed by atoms with Crippen molar-refractivity contribution in [3.63, 3.8) is 0 Å². The second-order valence-corrected chi connectivity index (χ2v) is 9.64. The quantitative estimate of drug-likeness (QED) is 0.518. The van der Waals surface area contributed by atoms with Crippen molar-refractivity contribution < 1.29 is 19.1 Å². The molecule has 3 aliphatic rings. The lowest BCUT2D eigenvalue weighted by Crippen LogP contribution is -2.40. The second kappa shape index (κ2) is 11.8. The largest absolute Gasteiger partial charge is 0.497 e. The number of rotatable bonds is 9. The maximum Gasteiger partial charge on any atom is 0.338 e. The zero-order valence-electron chi connectivity index (χ0n) is 20.7. The van der Waals surface area contributed by atoms with Crippen LogP contribution in [0.1, 0.15) is 50.6 Å². The van der Waals surface area contributed by atoms with E-state index in [4.69, 9.17) is 14.5 Å². The Morgan fingerprint density at radius 2 is 2.00 bits per heavy atom. The number of hydrogen-bond acceptors (Lipinski definition) is 8. The third-order valence-corrected chi connectivity index (χ3v) is 7.47. The van der Waals surface area contributed by atoms with Gasteiger partial charge in [0.25, 0.3) is 0 Å². The number of esters is 1. The van der Waals surface area contributed by atoms with Crippen LogP contribution in [-0.4, -0.2) is 67.2 Å². The molecule has 0 spiro atoms. The molecule has 0 saturated carbocycles. The summed E-state index contributed by atoms with van der Waals surface area (Å²) in [6.45, 7) is 5.69. The molecule has 9 heteroatoms. The number of thioether (sulfide) groups is 1. The van der Waals surface area contributed by atoms with E-state index in [0.29, 0.717) is 30.0 Å². The van der Waals surface area contributed by atoms with E-state index in [1.54, 1.807) is 7.11 Å². The van der Waals surface area contributed by atoms with Gasteiger partial charge in [-0.2, -0.15) is 0 Å². The number of likely N-dealkylation sites (tertiary alicyclic amines) is 1. The van der Waals surface area contributed by atoms with Crippen LogP contribution in [0.5, 0.6) is 5.75 Å². The van der Waals surface area contributed by atoms with Crippen molar-refractivity contribution in [1.82, 2.24) is 15.1 Å². The van der Waals surface area contributed by atoms with E-state index < -0.39 is 12.0 Å². The summed E-state index contributed by atoms with van der Waals surface area (Å²) >= 11 is 1.48. The standard InChI is InChI=1S/C26H34N4O4S/c1-4-21-23(25(32)34-3)24(18-9-8-10-20(15-18)33-2)30-19(17-35-26(30)28-21)16-22(31)27-11-14-29-12-6-5-7-13-29/h8-10,15,17,24H,4-7,11-14,16H2,1-3H3,(H,27,31). The minimum atomic E-state index is -0.456. The average molecular weight is 499 g/mol. The minimum Gasteiger partial charge on any atom is -0.497 e. The predicted octanol–water partition coefficient (Wildman–Crippen LogP) is 3.83. The number of carbonyl (C=O) groups is 2. The first-order valence-corrected chi connectivity index (χ1v) is 13.1. The summed E-state index contributed by atoms with van der Waals surface area (Å²) in [5, 5.41) is 5.79. The number of aliphatic imine (C=N–C) groups is 1. The van der Waals surface area contributed by atoms with Crippen LogP contribution in [0.25, 0.3) is 0 Å². The molecule has 0 aliphatic carbocycles. The van der Waals surface area contributed by atoms with E-state index in [1.807, 2.05) is 41.5 Å². The van der Waals surface area contributed by atoms with Crippen LogP contribution in [0.2, 0.25) is 0 Å². The van der Waals surface area contributed by atoms with E-state index in [9.17, 15) is 9.59 Å². The Hall–Kier alpha value is -2.78. The summed E-state index contributed by atoms with van der Waals surface area (Å²) in [6, 6.07) is 7.20. The number of methoxy groups -OCH3 is 2. The summed E-state index contributed by atoms with van der Waals surface area (Å²) in [5.74, 6) is 0.241. The van der Waals surface area contributed by atoms with Crippen LogP contribution in [0.3, 0.4) is 0 Å². The first kappa shape index (κ1) is 25.3. The third-order valence-electron chi connectivity index (χ3n) is 6.58. The van der Waals surface area contributed by atoms with E-state index >= 15 is 0 Å². The van der Waals surface area contributed by atoms with E-state index in [1.165, 1.54) is 38.1 Å². The summed E-state index contributed by atoms with van der Waals surface area (Å²) < 4.78 is 10.6. The van der Waals surface area contributed by atoms with Crippen molar-refractivity contribution in [3.8, 4) is 5.75 Å². The van der Waals surface area contributed by atoms with Gasteiger partial charge in [0.1, 0.15) is 5.75 Å². The zero-order valence-corrected chi connectivity index (χ0v) is 21.5. The van der Waals surface area contributed by atoms with Crippen LogP contribution in [0.15, 0.2) is 51.6 Å². The SMILES string of the molecule is CCC1=C(C(=O)OC)C(c2cccc(OC)c2)N2C(CC(=O)NCCN3CCCCC3)=CSC2=N1. The Morgan fingerprint density at radius 3 is 2.71 bits per heavy atom. The number of benzene rings is 1. The van der Waals surface area contributed by atoms with E-state index in [2.05, 4.69) is 10.2 Å².